The second kappa shape index (κ2) is 11.5. The molecule has 0 spiro atoms. The van der Waals surface area contributed by atoms with Crippen molar-refractivity contribution in [2.45, 2.75) is 45.1 Å². The Hall–Kier alpha value is -3.47. The molecule has 4 heterocycles. The summed E-state index contributed by atoms with van der Waals surface area (Å²) in [6.45, 7) is 4.82. The zero-order valence-corrected chi connectivity index (χ0v) is 23.0. The zero-order valence-electron chi connectivity index (χ0n) is 21.3. The van der Waals surface area contributed by atoms with Crippen LogP contribution in [0.5, 0.6) is 0 Å². The number of rotatable bonds is 9. The molecule has 1 fully saturated rings. The third-order valence-electron chi connectivity index (χ3n) is 6.10. The van der Waals surface area contributed by atoms with Crippen molar-refractivity contribution in [3.05, 3.63) is 63.4 Å². The Morgan fingerprint density at radius 3 is 2.97 bits per heavy atom. The first-order valence-electron chi connectivity index (χ1n) is 12.1. The standard InChI is InChI=1S/C26H29N7O3S2/c1-4-17-15-37-26(31-17)20(27)12-32(28)22(8-10-34-3)25-23(14-36-25)35-13-19-7-9-29-33(19)18-5-6-21-24(11-18)38-16(2)30-21/h5-7,9,11-12,15,22-23,25H,4,13-14,27-28H2,1-3H3/b20-12-. The Morgan fingerprint density at radius 1 is 1.37 bits per heavy atom. The number of nitrogens with two attached hydrogens (primary N) is 2. The molecule has 38 heavy (non-hydrogen) atoms. The highest BCUT2D eigenvalue weighted by molar-refractivity contribution is 7.18. The van der Waals surface area contributed by atoms with E-state index < -0.39 is 12.1 Å². The van der Waals surface area contributed by atoms with Crippen molar-refractivity contribution >= 4 is 38.6 Å². The molecule has 1 aliphatic heterocycles. The lowest BCUT2D eigenvalue weighted by atomic mass is 10.0. The van der Waals surface area contributed by atoms with Crippen molar-refractivity contribution in [1.82, 2.24) is 24.8 Å². The van der Waals surface area contributed by atoms with Crippen LogP contribution in [0.15, 0.2) is 42.0 Å². The van der Waals surface area contributed by atoms with E-state index in [9.17, 15) is 0 Å². The van der Waals surface area contributed by atoms with E-state index in [1.54, 1.807) is 23.7 Å². The van der Waals surface area contributed by atoms with Gasteiger partial charge in [0.2, 0.25) is 0 Å². The summed E-state index contributed by atoms with van der Waals surface area (Å²) in [5.74, 6) is 9.40. The second-order valence-corrected chi connectivity index (χ2v) is 10.8. The minimum atomic E-state index is -0.542. The summed E-state index contributed by atoms with van der Waals surface area (Å²) in [5, 5.41) is 9.67. The molecular weight excluding hydrogens is 522 g/mol. The lowest BCUT2D eigenvalue weighted by Crippen LogP contribution is -2.59. The van der Waals surface area contributed by atoms with Gasteiger partial charge in [0.05, 0.1) is 58.3 Å². The van der Waals surface area contributed by atoms with Crippen molar-refractivity contribution in [2.75, 3.05) is 13.7 Å². The van der Waals surface area contributed by atoms with Crippen LogP contribution >= 0.6 is 22.7 Å². The number of hydrogen-bond donors (Lipinski definition) is 2. The predicted octanol–water partition coefficient (Wildman–Crippen LogP) is 3.20. The topological polar surface area (TPSA) is 127 Å². The summed E-state index contributed by atoms with van der Waals surface area (Å²) in [6, 6.07) is 7.52. The van der Waals surface area contributed by atoms with Gasteiger partial charge < -0.3 is 19.9 Å². The van der Waals surface area contributed by atoms with Crippen molar-refractivity contribution in [2.24, 2.45) is 11.6 Å². The van der Waals surface area contributed by atoms with Gasteiger partial charge in [-0.15, -0.1) is 22.7 Å². The van der Waals surface area contributed by atoms with E-state index in [0.29, 0.717) is 23.9 Å². The first-order valence-corrected chi connectivity index (χ1v) is 13.8. The molecule has 5 rings (SSSR count). The van der Waals surface area contributed by atoms with E-state index in [1.807, 2.05) is 42.1 Å². The van der Waals surface area contributed by atoms with Gasteiger partial charge in [0.25, 0.3) is 0 Å². The summed E-state index contributed by atoms with van der Waals surface area (Å²) in [4.78, 5) is 9.06. The van der Waals surface area contributed by atoms with Crippen LogP contribution in [0.1, 0.15) is 28.3 Å². The molecule has 1 aromatic carbocycles. The minimum Gasteiger partial charge on any atom is -0.450 e. The number of fused-ring (bicyclic) bond motifs is 1. The largest absolute Gasteiger partial charge is 0.450 e. The first kappa shape index (κ1) is 26.1. The van der Waals surface area contributed by atoms with E-state index >= 15 is 0 Å². The molecule has 0 aliphatic carbocycles. The monoisotopic (exact) mass is 551 g/mol. The van der Waals surface area contributed by atoms with Crippen LogP contribution in [0.3, 0.4) is 0 Å². The van der Waals surface area contributed by atoms with Gasteiger partial charge in [0.15, 0.2) is 0 Å². The van der Waals surface area contributed by atoms with Gasteiger partial charge in [-0.1, -0.05) is 6.92 Å². The molecule has 3 unspecified atom stereocenters. The highest BCUT2D eigenvalue weighted by atomic mass is 32.1. The first-order chi connectivity index (χ1) is 18.5. The minimum absolute atomic E-state index is 0.228. The number of aromatic nitrogens is 4. The molecule has 3 aromatic heterocycles. The fraction of sp³-hybridized carbons (Fsp3) is 0.346. The number of methoxy groups -OCH3 is 1. The van der Waals surface area contributed by atoms with E-state index in [2.05, 4.69) is 33.2 Å². The number of thiazole rings is 2. The van der Waals surface area contributed by atoms with Gasteiger partial charge in [-0.25, -0.2) is 20.5 Å². The maximum Gasteiger partial charge on any atom is 0.140 e. The number of nitrogens with zero attached hydrogens (tertiary/aromatic N) is 5. The molecule has 0 amide bonds. The highest BCUT2D eigenvalue weighted by Gasteiger charge is 2.41. The van der Waals surface area contributed by atoms with Crippen LogP contribution in [0.25, 0.3) is 21.6 Å². The zero-order chi connectivity index (χ0) is 26.6. The fourth-order valence-corrected chi connectivity index (χ4v) is 5.78. The predicted molar refractivity (Wildman–Crippen MR) is 148 cm³/mol. The van der Waals surface area contributed by atoms with Gasteiger partial charge in [-0.3, -0.25) is 5.01 Å². The smallest absolute Gasteiger partial charge is 0.140 e. The third kappa shape index (κ3) is 5.52. The number of ether oxygens (including phenoxy) is 3. The number of hydrazine groups is 1. The molecule has 1 saturated heterocycles. The maximum absolute atomic E-state index is 6.39. The van der Waals surface area contributed by atoms with Gasteiger partial charge >= 0.3 is 0 Å². The summed E-state index contributed by atoms with van der Waals surface area (Å²) >= 11 is 3.14. The van der Waals surface area contributed by atoms with Crippen LogP contribution in [0.4, 0.5) is 0 Å². The van der Waals surface area contributed by atoms with Crippen LogP contribution in [-0.4, -0.2) is 56.7 Å². The van der Waals surface area contributed by atoms with Gasteiger partial charge in [0, 0.05) is 17.8 Å². The molecule has 1 aliphatic rings. The van der Waals surface area contributed by atoms with Crippen molar-refractivity contribution in [3.63, 3.8) is 0 Å². The molecule has 3 atom stereocenters. The summed E-state index contributed by atoms with van der Waals surface area (Å²) in [7, 11) is 1.50. The number of hydrogen-bond acceptors (Lipinski definition) is 11. The summed E-state index contributed by atoms with van der Waals surface area (Å²) < 4.78 is 20.1. The lowest BCUT2D eigenvalue weighted by molar-refractivity contribution is -0.205. The molecule has 4 N–H and O–H groups in total. The molecule has 0 radical (unpaired) electrons. The average Bonchev–Trinajstić information content (AvgIpc) is 3.64. The van der Waals surface area contributed by atoms with Crippen LogP contribution in [0.2, 0.25) is 0 Å². The van der Waals surface area contributed by atoms with E-state index in [4.69, 9.17) is 25.8 Å². The van der Waals surface area contributed by atoms with E-state index in [0.717, 1.165) is 38.7 Å². The van der Waals surface area contributed by atoms with Crippen molar-refractivity contribution in [3.8, 4) is 17.7 Å². The second-order valence-electron chi connectivity index (χ2n) is 8.69. The van der Waals surface area contributed by atoms with Gasteiger partial charge in [0.1, 0.15) is 29.4 Å². The molecule has 0 bridgehead atoms. The molecular formula is C26H29N7O3S2. The van der Waals surface area contributed by atoms with E-state index in [-0.39, 0.29) is 6.10 Å². The van der Waals surface area contributed by atoms with Gasteiger partial charge in [-0.2, -0.15) is 5.10 Å². The van der Waals surface area contributed by atoms with Crippen molar-refractivity contribution in [1.29, 1.82) is 0 Å². The molecule has 4 aromatic rings. The molecule has 198 valence electrons. The quantitative estimate of drug-likeness (QED) is 0.183. The Labute approximate surface area is 228 Å². The normalized spacial score (nSPS) is 18.1. The number of benzene rings is 1. The van der Waals surface area contributed by atoms with Crippen LogP contribution in [-0.2, 0) is 27.2 Å². The van der Waals surface area contributed by atoms with Crippen molar-refractivity contribution < 1.29 is 14.2 Å². The lowest BCUT2D eigenvalue weighted by Gasteiger charge is -2.41. The SMILES string of the molecule is CCc1csc(/C(N)=C/N(N)C(C#COC)C2OCC2OCc2ccnn2-c2ccc3nc(C)sc3c2)n1. The summed E-state index contributed by atoms with van der Waals surface area (Å²) in [5.41, 5.74) is 10.6. The van der Waals surface area contributed by atoms with Crippen LogP contribution in [0, 0.1) is 19.0 Å². The third-order valence-corrected chi connectivity index (χ3v) is 7.97. The Morgan fingerprint density at radius 2 is 2.24 bits per heavy atom. The molecule has 10 nitrogen and oxygen atoms in total. The summed E-state index contributed by atoms with van der Waals surface area (Å²) in [6.07, 6.45) is 6.23. The molecule has 0 saturated carbocycles. The average molecular weight is 552 g/mol. The Bertz CT molecular complexity index is 1500. The number of aryl methyl sites for hydroxylation is 2. The van der Waals surface area contributed by atoms with E-state index in [1.165, 1.54) is 23.5 Å². The molecule has 12 heteroatoms. The maximum atomic E-state index is 6.39. The highest BCUT2D eigenvalue weighted by Crippen LogP contribution is 2.27. The Kier molecular flexibility index (Phi) is 7.92. The fourth-order valence-electron chi connectivity index (χ4n) is 4.09. The van der Waals surface area contributed by atoms with Gasteiger partial charge in [-0.05, 0) is 43.5 Å². The van der Waals surface area contributed by atoms with Crippen LogP contribution < -0.4 is 11.6 Å². The Balaban J connectivity index is 1.28.